The van der Waals surface area contributed by atoms with Crippen molar-refractivity contribution in [3.63, 3.8) is 0 Å². The van der Waals surface area contributed by atoms with Gasteiger partial charge in [-0.3, -0.25) is 9.59 Å². The molecule has 0 fully saturated rings. The van der Waals surface area contributed by atoms with Crippen LogP contribution in [0.15, 0.2) is 18.2 Å². The van der Waals surface area contributed by atoms with Gasteiger partial charge in [-0.15, -0.1) is 0 Å². The van der Waals surface area contributed by atoms with Crippen LogP contribution in [-0.2, 0) is 4.79 Å². The predicted octanol–water partition coefficient (Wildman–Crippen LogP) is 1.68. The van der Waals surface area contributed by atoms with E-state index in [1.807, 2.05) is 0 Å². The van der Waals surface area contributed by atoms with Gasteiger partial charge in [0.1, 0.15) is 5.82 Å². The third-order valence-corrected chi connectivity index (χ3v) is 2.43. The molecule has 1 aromatic rings. The van der Waals surface area contributed by atoms with Gasteiger partial charge in [-0.05, 0) is 18.6 Å². The molecule has 4 nitrogen and oxygen atoms in total. The Kier molecular flexibility index (Phi) is 4.20. The quantitative estimate of drug-likeness (QED) is 0.869. The lowest BCUT2D eigenvalue weighted by molar-refractivity contribution is -0.137. The van der Waals surface area contributed by atoms with E-state index in [0.29, 0.717) is 5.56 Å². The molecule has 0 aliphatic rings. The van der Waals surface area contributed by atoms with Crippen LogP contribution >= 0.6 is 0 Å². The molecule has 0 saturated heterocycles. The van der Waals surface area contributed by atoms with E-state index in [9.17, 15) is 14.0 Å². The van der Waals surface area contributed by atoms with E-state index in [1.165, 1.54) is 18.0 Å². The first-order valence-corrected chi connectivity index (χ1v) is 5.16. The Hall–Kier alpha value is -1.91. The molecule has 0 radical (unpaired) electrons. The molecule has 1 amide bonds. The van der Waals surface area contributed by atoms with Gasteiger partial charge in [0.25, 0.3) is 5.91 Å². The molecule has 0 saturated carbocycles. The molecule has 0 heterocycles. The van der Waals surface area contributed by atoms with Crippen LogP contribution < -0.4 is 0 Å². The summed E-state index contributed by atoms with van der Waals surface area (Å²) < 4.78 is 13.6. The molecular weight excluding hydrogens is 225 g/mol. The number of aliphatic carboxylic acids is 1. The topological polar surface area (TPSA) is 57.6 Å². The molecule has 1 N–H and O–H groups in total. The third kappa shape index (κ3) is 3.27. The highest BCUT2D eigenvalue weighted by Gasteiger charge is 2.17. The van der Waals surface area contributed by atoms with Crippen molar-refractivity contribution in [2.24, 2.45) is 0 Å². The number of carbonyl (C=O) groups is 2. The molecule has 1 aromatic carbocycles. The van der Waals surface area contributed by atoms with Gasteiger partial charge in [-0.25, -0.2) is 4.39 Å². The van der Waals surface area contributed by atoms with Crippen molar-refractivity contribution < 1.29 is 19.1 Å². The number of amides is 1. The van der Waals surface area contributed by atoms with Crippen molar-refractivity contribution in [1.82, 2.24) is 4.90 Å². The summed E-state index contributed by atoms with van der Waals surface area (Å²) in [5.74, 6) is -2.05. The molecule has 17 heavy (non-hydrogen) atoms. The molecule has 0 aromatic heterocycles. The largest absolute Gasteiger partial charge is 0.481 e. The number of hydrogen-bond donors (Lipinski definition) is 1. The minimum Gasteiger partial charge on any atom is -0.481 e. The van der Waals surface area contributed by atoms with Crippen molar-refractivity contribution in [1.29, 1.82) is 0 Å². The van der Waals surface area contributed by atoms with Gasteiger partial charge >= 0.3 is 5.97 Å². The minimum absolute atomic E-state index is 0.0297. The Labute approximate surface area is 98.7 Å². The van der Waals surface area contributed by atoms with Crippen LogP contribution in [0.1, 0.15) is 22.3 Å². The average Bonchev–Trinajstić information content (AvgIpc) is 2.28. The van der Waals surface area contributed by atoms with Crippen LogP contribution in [0.4, 0.5) is 4.39 Å². The maximum absolute atomic E-state index is 13.6. The second-order valence-corrected chi connectivity index (χ2v) is 3.81. The lowest BCUT2D eigenvalue weighted by Crippen LogP contribution is -2.29. The summed E-state index contributed by atoms with van der Waals surface area (Å²) in [7, 11) is 1.45. The maximum atomic E-state index is 13.6. The first kappa shape index (κ1) is 13.2. The molecule has 0 atom stereocenters. The normalized spacial score (nSPS) is 10.1. The van der Waals surface area contributed by atoms with Crippen molar-refractivity contribution in [2.75, 3.05) is 13.6 Å². The number of aryl methyl sites for hydroxylation is 1. The average molecular weight is 239 g/mol. The molecule has 5 heteroatoms. The number of carboxylic acids is 1. The van der Waals surface area contributed by atoms with E-state index in [0.717, 1.165) is 0 Å². The Bertz CT molecular complexity index is 445. The van der Waals surface area contributed by atoms with Gasteiger partial charge in [0, 0.05) is 13.6 Å². The third-order valence-electron chi connectivity index (χ3n) is 2.43. The van der Waals surface area contributed by atoms with Crippen molar-refractivity contribution in [2.45, 2.75) is 13.3 Å². The highest BCUT2D eigenvalue weighted by molar-refractivity contribution is 5.94. The van der Waals surface area contributed by atoms with Gasteiger partial charge in [0.2, 0.25) is 0 Å². The Morgan fingerprint density at radius 3 is 2.65 bits per heavy atom. The SMILES string of the molecule is Cc1cccc(C(=O)N(C)CCC(=O)O)c1F. The van der Waals surface area contributed by atoms with Crippen LogP contribution in [0.25, 0.3) is 0 Å². The second-order valence-electron chi connectivity index (χ2n) is 3.81. The zero-order valence-electron chi connectivity index (χ0n) is 9.74. The van der Waals surface area contributed by atoms with E-state index in [-0.39, 0.29) is 18.5 Å². The lowest BCUT2D eigenvalue weighted by atomic mass is 10.1. The van der Waals surface area contributed by atoms with Gasteiger partial charge in [0.15, 0.2) is 0 Å². The predicted molar refractivity (Wildman–Crippen MR) is 60.4 cm³/mol. The van der Waals surface area contributed by atoms with Crippen LogP contribution in [-0.4, -0.2) is 35.5 Å². The highest BCUT2D eigenvalue weighted by Crippen LogP contribution is 2.13. The number of hydrogen-bond acceptors (Lipinski definition) is 2. The summed E-state index contributed by atoms with van der Waals surface area (Å²) >= 11 is 0. The number of halogens is 1. The fourth-order valence-electron chi connectivity index (χ4n) is 1.38. The van der Waals surface area contributed by atoms with Crippen LogP contribution in [0.3, 0.4) is 0 Å². The van der Waals surface area contributed by atoms with Gasteiger partial charge < -0.3 is 10.0 Å². The first-order valence-electron chi connectivity index (χ1n) is 5.16. The highest BCUT2D eigenvalue weighted by atomic mass is 19.1. The van der Waals surface area contributed by atoms with Crippen molar-refractivity contribution in [3.8, 4) is 0 Å². The zero-order chi connectivity index (χ0) is 13.0. The second kappa shape index (κ2) is 5.43. The lowest BCUT2D eigenvalue weighted by Gasteiger charge is -2.16. The molecular formula is C12H14FNO3. The number of carbonyl (C=O) groups excluding carboxylic acids is 1. The summed E-state index contributed by atoms with van der Waals surface area (Å²) in [4.78, 5) is 23.4. The van der Waals surface area contributed by atoms with Crippen LogP contribution in [0, 0.1) is 12.7 Å². The molecule has 92 valence electrons. The molecule has 0 unspecified atom stereocenters. The number of carboxylic acid groups (broad SMARTS) is 1. The van der Waals surface area contributed by atoms with Crippen LogP contribution in [0.5, 0.6) is 0 Å². The Morgan fingerprint density at radius 1 is 1.41 bits per heavy atom. The fourth-order valence-corrected chi connectivity index (χ4v) is 1.38. The fraction of sp³-hybridized carbons (Fsp3) is 0.333. The first-order chi connectivity index (χ1) is 7.93. The summed E-state index contributed by atoms with van der Waals surface area (Å²) in [5.41, 5.74) is 0.361. The Morgan fingerprint density at radius 2 is 2.06 bits per heavy atom. The molecule has 1 rings (SSSR count). The van der Waals surface area contributed by atoms with E-state index in [1.54, 1.807) is 19.1 Å². The molecule has 0 aliphatic carbocycles. The number of rotatable bonds is 4. The summed E-state index contributed by atoms with van der Waals surface area (Å²) in [6, 6.07) is 4.56. The zero-order valence-corrected chi connectivity index (χ0v) is 9.74. The molecule has 0 spiro atoms. The van der Waals surface area contributed by atoms with E-state index >= 15 is 0 Å². The minimum atomic E-state index is -0.991. The number of benzene rings is 1. The van der Waals surface area contributed by atoms with Gasteiger partial charge in [0.05, 0.1) is 12.0 Å². The van der Waals surface area contributed by atoms with Crippen molar-refractivity contribution >= 4 is 11.9 Å². The van der Waals surface area contributed by atoms with E-state index in [2.05, 4.69) is 0 Å². The Balaban J connectivity index is 2.82. The smallest absolute Gasteiger partial charge is 0.305 e. The maximum Gasteiger partial charge on any atom is 0.305 e. The van der Waals surface area contributed by atoms with E-state index in [4.69, 9.17) is 5.11 Å². The van der Waals surface area contributed by atoms with E-state index < -0.39 is 17.7 Å². The summed E-state index contributed by atoms with van der Waals surface area (Å²) in [6.07, 6.45) is -0.157. The van der Waals surface area contributed by atoms with Gasteiger partial charge in [-0.1, -0.05) is 12.1 Å². The monoisotopic (exact) mass is 239 g/mol. The van der Waals surface area contributed by atoms with Crippen LogP contribution in [0.2, 0.25) is 0 Å². The molecule has 0 bridgehead atoms. The van der Waals surface area contributed by atoms with Crippen molar-refractivity contribution in [3.05, 3.63) is 35.1 Å². The van der Waals surface area contributed by atoms with Gasteiger partial charge in [-0.2, -0.15) is 0 Å². The molecule has 0 aliphatic heterocycles. The standard InChI is InChI=1S/C12H14FNO3/c1-8-4-3-5-9(11(8)13)12(17)14(2)7-6-10(15)16/h3-5H,6-7H2,1-2H3,(H,15,16). The summed E-state index contributed by atoms with van der Waals surface area (Å²) in [5, 5.41) is 8.50. The number of nitrogens with zero attached hydrogens (tertiary/aromatic N) is 1. The summed E-state index contributed by atoms with van der Waals surface area (Å²) in [6.45, 7) is 1.63.